The van der Waals surface area contributed by atoms with Crippen molar-refractivity contribution in [3.63, 3.8) is 0 Å². The van der Waals surface area contributed by atoms with Crippen LogP contribution in [0, 0.1) is 0 Å². The summed E-state index contributed by atoms with van der Waals surface area (Å²) in [6.07, 6.45) is 2.01. The zero-order chi connectivity index (χ0) is 16.8. The largest absolute Gasteiger partial charge is 0.550 e. The number of thiocarbonyl (C=S) groups is 1. The molecule has 1 aromatic rings. The van der Waals surface area contributed by atoms with Crippen LogP contribution in [0.1, 0.15) is 25.3 Å². The van der Waals surface area contributed by atoms with Gasteiger partial charge in [-0.25, -0.2) is 0 Å². The van der Waals surface area contributed by atoms with Gasteiger partial charge in [-0.15, -0.1) is 0 Å². The summed E-state index contributed by atoms with van der Waals surface area (Å²) in [5.74, 6) is -0.535. The Labute approximate surface area is 144 Å². The van der Waals surface area contributed by atoms with Crippen molar-refractivity contribution in [2.45, 2.75) is 19.8 Å². The number of thioether (sulfide) groups is 1. The molecule has 0 unspecified atom stereocenters. The highest BCUT2D eigenvalue weighted by Crippen LogP contribution is 2.32. The lowest BCUT2D eigenvalue weighted by atomic mass is 10.2. The van der Waals surface area contributed by atoms with Gasteiger partial charge >= 0.3 is 0 Å². The first-order chi connectivity index (χ1) is 11.0. The Balaban J connectivity index is 2.04. The summed E-state index contributed by atoms with van der Waals surface area (Å²) in [5, 5.41) is 10.4. The van der Waals surface area contributed by atoms with Crippen molar-refractivity contribution < 1.29 is 19.4 Å². The number of aliphatic carboxylic acids is 1. The monoisotopic (exact) mass is 350 g/mol. The SMILES string of the molecule is CCOc1ccc(/C=C2\SC(=S)N(CCCC(=O)[O-])C2=O)cc1. The molecule has 1 aliphatic rings. The molecule has 1 aromatic carbocycles. The molecule has 1 amide bonds. The van der Waals surface area contributed by atoms with Crippen LogP contribution in [0.25, 0.3) is 6.08 Å². The number of hydrogen-bond acceptors (Lipinski definition) is 6. The highest BCUT2D eigenvalue weighted by Gasteiger charge is 2.31. The van der Waals surface area contributed by atoms with E-state index < -0.39 is 5.97 Å². The zero-order valence-corrected chi connectivity index (χ0v) is 14.2. The maximum absolute atomic E-state index is 12.3. The Kier molecular flexibility index (Phi) is 6.18. The number of carboxylic acids is 1. The maximum atomic E-state index is 12.3. The highest BCUT2D eigenvalue weighted by molar-refractivity contribution is 8.26. The molecular weight excluding hydrogens is 334 g/mol. The van der Waals surface area contributed by atoms with Gasteiger partial charge in [-0.3, -0.25) is 9.69 Å². The second kappa shape index (κ2) is 8.12. The summed E-state index contributed by atoms with van der Waals surface area (Å²) in [6.45, 7) is 2.81. The Bertz CT molecular complexity index is 640. The van der Waals surface area contributed by atoms with E-state index in [1.165, 1.54) is 16.7 Å². The Morgan fingerprint density at radius 2 is 2.09 bits per heavy atom. The van der Waals surface area contributed by atoms with Crippen LogP contribution in [0.4, 0.5) is 0 Å². The van der Waals surface area contributed by atoms with Crippen molar-refractivity contribution in [1.82, 2.24) is 4.90 Å². The summed E-state index contributed by atoms with van der Waals surface area (Å²) in [7, 11) is 0. The average Bonchev–Trinajstić information content (AvgIpc) is 2.76. The Morgan fingerprint density at radius 3 is 2.70 bits per heavy atom. The standard InChI is InChI=1S/C16H17NO4S2/c1-2-21-12-7-5-11(6-8-12)10-13-15(20)17(16(22)23-13)9-3-4-14(18)19/h5-8,10H,2-4,9H2,1H3,(H,18,19)/p-1/b13-10-. The summed E-state index contributed by atoms with van der Waals surface area (Å²) in [4.78, 5) is 24.7. The second-order valence-corrected chi connectivity index (χ2v) is 6.49. The topological polar surface area (TPSA) is 69.7 Å². The van der Waals surface area contributed by atoms with Crippen molar-refractivity contribution in [1.29, 1.82) is 0 Å². The number of ether oxygens (including phenoxy) is 1. The third kappa shape index (κ3) is 4.80. The fourth-order valence-electron chi connectivity index (χ4n) is 2.05. The predicted octanol–water partition coefficient (Wildman–Crippen LogP) is 1.82. The summed E-state index contributed by atoms with van der Waals surface area (Å²) in [6, 6.07) is 7.42. The minimum absolute atomic E-state index is 0.0883. The van der Waals surface area contributed by atoms with Crippen LogP contribution in [0.5, 0.6) is 5.75 Å². The molecule has 23 heavy (non-hydrogen) atoms. The van der Waals surface area contributed by atoms with E-state index in [2.05, 4.69) is 0 Å². The van der Waals surface area contributed by atoms with Crippen molar-refractivity contribution >= 4 is 46.3 Å². The van der Waals surface area contributed by atoms with Gasteiger partial charge < -0.3 is 14.6 Å². The number of nitrogens with zero attached hydrogens (tertiary/aromatic N) is 1. The first-order valence-corrected chi connectivity index (χ1v) is 8.42. The third-order valence-corrected chi connectivity index (χ3v) is 4.50. The fourth-order valence-corrected chi connectivity index (χ4v) is 3.36. The number of hydrogen-bond donors (Lipinski definition) is 0. The van der Waals surface area contributed by atoms with Crippen LogP contribution in [-0.2, 0) is 9.59 Å². The number of rotatable bonds is 7. The molecule has 5 nitrogen and oxygen atoms in total. The van der Waals surface area contributed by atoms with E-state index in [0.29, 0.717) is 28.8 Å². The normalized spacial score (nSPS) is 16.2. The molecule has 2 rings (SSSR count). The van der Waals surface area contributed by atoms with Crippen LogP contribution >= 0.6 is 24.0 Å². The number of benzene rings is 1. The van der Waals surface area contributed by atoms with E-state index in [9.17, 15) is 14.7 Å². The molecule has 0 atom stereocenters. The minimum atomic E-state index is -1.12. The first-order valence-electron chi connectivity index (χ1n) is 7.19. The molecule has 0 radical (unpaired) electrons. The third-order valence-electron chi connectivity index (χ3n) is 3.13. The molecule has 0 spiro atoms. The van der Waals surface area contributed by atoms with Gasteiger partial charge in [0.05, 0.1) is 11.5 Å². The van der Waals surface area contributed by atoms with Gasteiger partial charge in [0.25, 0.3) is 5.91 Å². The van der Waals surface area contributed by atoms with E-state index in [4.69, 9.17) is 17.0 Å². The van der Waals surface area contributed by atoms with Gasteiger partial charge in [0.15, 0.2) is 0 Å². The van der Waals surface area contributed by atoms with Gasteiger partial charge in [-0.2, -0.15) is 0 Å². The van der Waals surface area contributed by atoms with Gasteiger partial charge in [-0.05, 0) is 43.5 Å². The van der Waals surface area contributed by atoms with E-state index in [-0.39, 0.29) is 12.3 Å². The summed E-state index contributed by atoms with van der Waals surface area (Å²) < 4.78 is 5.82. The molecule has 1 fully saturated rings. The smallest absolute Gasteiger partial charge is 0.266 e. The Morgan fingerprint density at radius 1 is 1.39 bits per heavy atom. The molecule has 0 saturated carbocycles. The van der Waals surface area contributed by atoms with Crippen molar-refractivity contribution in [3.8, 4) is 5.75 Å². The molecular formula is C16H16NO4S2-. The van der Waals surface area contributed by atoms with E-state index >= 15 is 0 Å². The van der Waals surface area contributed by atoms with Crippen LogP contribution in [0.15, 0.2) is 29.2 Å². The first kappa shape index (κ1) is 17.5. The van der Waals surface area contributed by atoms with Crippen molar-refractivity contribution in [2.75, 3.05) is 13.2 Å². The van der Waals surface area contributed by atoms with Crippen LogP contribution in [0.2, 0.25) is 0 Å². The molecule has 0 aromatic heterocycles. The number of carboxylic acid groups (broad SMARTS) is 1. The molecule has 1 saturated heterocycles. The molecule has 1 heterocycles. The molecule has 0 N–H and O–H groups in total. The van der Waals surface area contributed by atoms with E-state index in [1.54, 1.807) is 6.08 Å². The lowest BCUT2D eigenvalue weighted by Gasteiger charge is -2.14. The van der Waals surface area contributed by atoms with Crippen LogP contribution in [-0.4, -0.2) is 34.2 Å². The van der Waals surface area contributed by atoms with E-state index in [1.807, 2.05) is 31.2 Å². The van der Waals surface area contributed by atoms with Crippen LogP contribution in [0.3, 0.4) is 0 Å². The van der Waals surface area contributed by atoms with Crippen LogP contribution < -0.4 is 9.84 Å². The van der Waals surface area contributed by atoms with Crippen molar-refractivity contribution in [2.24, 2.45) is 0 Å². The molecule has 0 bridgehead atoms. The lowest BCUT2D eigenvalue weighted by Crippen LogP contribution is -2.30. The molecule has 122 valence electrons. The molecule has 0 aliphatic carbocycles. The fraction of sp³-hybridized carbons (Fsp3) is 0.312. The summed E-state index contributed by atoms with van der Waals surface area (Å²) >= 11 is 6.41. The number of carbonyl (C=O) groups is 2. The number of amides is 1. The van der Waals surface area contributed by atoms with E-state index in [0.717, 1.165) is 11.3 Å². The quantitative estimate of drug-likeness (QED) is 0.552. The highest BCUT2D eigenvalue weighted by atomic mass is 32.2. The van der Waals surface area contributed by atoms with Crippen molar-refractivity contribution in [3.05, 3.63) is 34.7 Å². The molecule has 7 heteroatoms. The minimum Gasteiger partial charge on any atom is -0.550 e. The van der Waals surface area contributed by atoms with Gasteiger partial charge in [0, 0.05) is 12.5 Å². The zero-order valence-electron chi connectivity index (χ0n) is 12.6. The van der Waals surface area contributed by atoms with Gasteiger partial charge in [0.1, 0.15) is 10.1 Å². The molecule has 1 aliphatic heterocycles. The lowest BCUT2D eigenvalue weighted by molar-refractivity contribution is -0.305. The average molecular weight is 350 g/mol. The Hall–Kier alpha value is -1.86. The van der Waals surface area contributed by atoms with Gasteiger partial charge in [0.2, 0.25) is 0 Å². The number of carbonyl (C=O) groups excluding carboxylic acids is 2. The predicted molar refractivity (Wildman–Crippen MR) is 91.7 cm³/mol. The summed E-state index contributed by atoms with van der Waals surface area (Å²) in [5.41, 5.74) is 0.878. The second-order valence-electron chi connectivity index (χ2n) is 4.81. The maximum Gasteiger partial charge on any atom is 0.266 e. The van der Waals surface area contributed by atoms with Gasteiger partial charge in [-0.1, -0.05) is 36.1 Å².